The highest BCUT2D eigenvalue weighted by Gasteiger charge is 2.13. The highest BCUT2D eigenvalue weighted by atomic mass is 35.5. The van der Waals surface area contributed by atoms with Gasteiger partial charge >= 0.3 is 5.69 Å². The van der Waals surface area contributed by atoms with Gasteiger partial charge in [0.2, 0.25) is 0 Å². The van der Waals surface area contributed by atoms with Gasteiger partial charge in [0, 0.05) is 23.0 Å². The number of aryl methyl sites for hydroxylation is 1. The van der Waals surface area contributed by atoms with Gasteiger partial charge in [-0.05, 0) is 17.5 Å². The highest BCUT2D eigenvalue weighted by Crippen LogP contribution is 2.32. The Bertz CT molecular complexity index is 791. The molecular weight excluding hydrogens is 268 g/mol. The molecule has 3 aromatic rings. The predicted molar refractivity (Wildman–Crippen MR) is 75.3 cm³/mol. The van der Waals surface area contributed by atoms with Gasteiger partial charge in [0.25, 0.3) is 0 Å². The summed E-state index contributed by atoms with van der Waals surface area (Å²) in [4.78, 5) is 16.9. The van der Waals surface area contributed by atoms with E-state index in [2.05, 4.69) is 4.98 Å². The first kappa shape index (κ1) is 11.4. The molecule has 0 unspecified atom stereocenters. The van der Waals surface area contributed by atoms with Gasteiger partial charge in [0.1, 0.15) is 4.83 Å². The average Bonchev–Trinajstić information content (AvgIpc) is 2.84. The molecule has 0 amide bonds. The molecule has 0 saturated carbocycles. The molecule has 2 aromatic heterocycles. The molecule has 3 rings (SSSR count). The first-order valence-corrected chi connectivity index (χ1v) is 6.63. The van der Waals surface area contributed by atoms with Crippen LogP contribution in [-0.4, -0.2) is 9.55 Å². The summed E-state index contributed by atoms with van der Waals surface area (Å²) in [6.07, 6.45) is 0. The minimum absolute atomic E-state index is 0.264. The number of benzene rings is 1. The largest absolute Gasteiger partial charge is 0.348 e. The minimum atomic E-state index is -0.264. The lowest BCUT2D eigenvalue weighted by Crippen LogP contribution is -2.20. The second-order valence-electron chi connectivity index (χ2n) is 3.92. The van der Waals surface area contributed by atoms with Gasteiger partial charge in [0.15, 0.2) is 0 Å². The zero-order valence-electron chi connectivity index (χ0n) is 9.55. The zero-order valence-corrected chi connectivity index (χ0v) is 11.1. The zero-order chi connectivity index (χ0) is 12.7. The summed E-state index contributed by atoms with van der Waals surface area (Å²) in [6.45, 7) is 0. The van der Waals surface area contributed by atoms with Crippen molar-refractivity contribution in [3.63, 3.8) is 0 Å². The van der Waals surface area contributed by atoms with Gasteiger partial charge in [-0.3, -0.25) is 4.57 Å². The van der Waals surface area contributed by atoms with Crippen molar-refractivity contribution in [1.29, 1.82) is 0 Å². The van der Waals surface area contributed by atoms with Crippen molar-refractivity contribution in [3.8, 4) is 11.3 Å². The fourth-order valence-corrected chi connectivity index (χ4v) is 3.00. The van der Waals surface area contributed by atoms with Crippen molar-refractivity contribution in [1.82, 2.24) is 9.55 Å². The molecule has 0 spiro atoms. The SMILES string of the molecule is Cn1c(=O)nc(-c2ccccc2Cl)c2ccsc21. The van der Waals surface area contributed by atoms with Crippen molar-refractivity contribution < 1.29 is 0 Å². The van der Waals surface area contributed by atoms with Gasteiger partial charge in [-0.2, -0.15) is 4.98 Å². The van der Waals surface area contributed by atoms with E-state index in [4.69, 9.17) is 11.6 Å². The molecule has 0 fully saturated rings. The van der Waals surface area contributed by atoms with Crippen LogP contribution >= 0.6 is 22.9 Å². The van der Waals surface area contributed by atoms with Crippen LogP contribution in [0.4, 0.5) is 0 Å². The molecule has 3 nitrogen and oxygen atoms in total. The number of aromatic nitrogens is 2. The molecule has 2 heterocycles. The van der Waals surface area contributed by atoms with Crippen LogP contribution in [0.25, 0.3) is 21.5 Å². The van der Waals surface area contributed by atoms with E-state index in [0.29, 0.717) is 10.7 Å². The van der Waals surface area contributed by atoms with Crippen LogP contribution in [0.3, 0.4) is 0 Å². The molecule has 90 valence electrons. The summed E-state index contributed by atoms with van der Waals surface area (Å²) in [5, 5.41) is 3.51. The van der Waals surface area contributed by atoms with Crippen molar-refractivity contribution in [2.45, 2.75) is 0 Å². The van der Waals surface area contributed by atoms with Crippen LogP contribution in [0.1, 0.15) is 0 Å². The molecule has 0 radical (unpaired) electrons. The molecule has 0 aliphatic heterocycles. The second kappa shape index (κ2) is 4.23. The van der Waals surface area contributed by atoms with Gasteiger partial charge in [-0.15, -0.1) is 11.3 Å². The summed E-state index contributed by atoms with van der Waals surface area (Å²) in [5.41, 5.74) is 1.18. The minimum Gasteiger partial charge on any atom is -0.286 e. The Kier molecular flexibility index (Phi) is 2.69. The Labute approximate surface area is 112 Å². The number of rotatable bonds is 1. The van der Waals surface area contributed by atoms with E-state index in [1.165, 1.54) is 11.3 Å². The van der Waals surface area contributed by atoms with E-state index in [-0.39, 0.29) is 5.69 Å². The fourth-order valence-electron chi connectivity index (χ4n) is 1.92. The fraction of sp³-hybridized carbons (Fsp3) is 0.0769. The molecular formula is C13H9ClN2OS. The van der Waals surface area contributed by atoms with Gasteiger partial charge in [-0.1, -0.05) is 29.8 Å². The second-order valence-corrected chi connectivity index (χ2v) is 5.22. The first-order chi connectivity index (χ1) is 8.68. The number of hydrogen-bond donors (Lipinski definition) is 0. The van der Waals surface area contributed by atoms with Crippen molar-refractivity contribution in [2.24, 2.45) is 7.05 Å². The Morgan fingerprint density at radius 1 is 1.28 bits per heavy atom. The molecule has 1 aromatic carbocycles. The van der Waals surface area contributed by atoms with E-state index in [9.17, 15) is 4.79 Å². The third kappa shape index (κ3) is 1.65. The van der Waals surface area contributed by atoms with Crippen molar-refractivity contribution in [2.75, 3.05) is 0 Å². The molecule has 0 bridgehead atoms. The van der Waals surface area contributed by atoms with Gasteiger partial charge in [0.05, 0.1) is 5.69 Å². The van der Waals surface area contributed by atoms with E-state index in [1.807, 2.05) is 29.6 Å². The maximum atomic E-state index is 11.9. The maximum absolute atomic E-state index is 11.9. The standard InChI is InChI=1S/C13H9ClN2OS/c1-16-12-9(6-7-18-12)11(15-13(16)17)8-4-2-3-5-10(8)14/h2-7H,1H3. The van der Waals surface area contributed by atoms with E-state index >= 15 is 0 Å². The number of thiophene rings is 1. The lowest BCUT2D eigenvalue weighted by molar-refractivity contribution is 0.862. The molecule has 0 aliphatic carbocycles. The summed E-state index contributed by atoms with van der Waals surface area (Å²) in [6, 6.07) is 9.39. The number of halogens is 1. The Morgan fingerprint density at radius 3 is 2.83 bits per heavy atom. The lowest BCUT2D eigenvalue weighted by Gasteiger charge is -2.06. The van der Waals surface area contributed by atoms with Crippen LogP contribution in [0.5, 0.6) is 0 Å². The van der Waals surface area contributed by atoms with Crippen LogP contribution < -0.4 is 5.69 Å². The van der Waals surface area contributed by atoms with Crippen molar-refractivity contribution in [3.05, 3.63) is 51.2 Å². The molecule has 5 heteroatoms. The predicted octanol–water partition coefficient (Wildman–Crippen LogP) is 3.32. The summed E-state index contributed by atoms with van der Waals surface area (Å²) >= 11 is 7.70. The monoisotopic (exact) mass is 276 g/mol. The normalized spacial score (nSPS) is 11.0. The third-order valence-electron chi connectivity index (χ3n) is 2.83. The number of fused-ring (bicyclic) bond motifs is 1. The average molecular weight is 277 g/mol. The maximum Gasteiger partial charge on any atom is 0.348 e. The van der Waals surface area contributed by atoms with E-state index in [1.54, 1.807) is 17.7 Å². The number of nitrogens with zero attached hydrogens (tertiary/aromatic N) is 2. The first-order valence-electron chi connectivity index (χ1n) is 5.37. The summed E-state index contributed by atoms with van der Waals surface area (Å²) < 4.78 is 1.56. The smallest absolute Gasteiger partial charge is 0.286 e. The number of hydrogen-bond acceptors (Lipinski definition) is 3. The summed E-state index contributed by atoms with van der Waals surface area (Å²) in [7, 11) is 1.73. The van der Waals surface area contributed by atoms with E-state index in [0.717, 1.165) is 15.8 Å². The molecule has 18 heavy (non-hydrogen) atoms. The quantitative estimate of drug-likeness (QED) is 0.683. The third-order valence-corrected chi connectivity index (χ3v) is 4.15. The molecule has 0 N–H and O–H groups in total. The van der Waals surface area contributed by atoms with Crippen molar-refractivity contribution >= 4 is 33.2 Å². The van der Waals surface area contributed by atoms with Gasteiger partial charge in [-0.25, -0.2) is 4.79 Å². The molecule has 0 aliphatic rings. The summed E-state index contributed by atoms with van der Waals surface area (Å²) in [5.74, 6) is 0. The topological polar surface area (TPSA) is 34.9 Å². The Hall–Kier alpha value is -1.65. The highest BCUT2D eigenvalue weighted by molar-refractivity contribution is 7.16. The van der Waals surface area contributed by atoms with Crippen LogP contribution in [0, 0.1) is 0 Å². The van der Waals surface area contributed by atoms with Crippen LogP contribution in [-0.2, 0) is 7.05 Å². The van der Waals surface area contributed by atoms with Crippen LogP contribution in [0.15, 0.2) is 40.5 Å². The van der Waals surface area contributed by atoms with Gasteiger partial charge < -0.3 is 0 Å². The van der Waals surface area contributed by atoms with Crippen LogP contribution in [0.2, 0.25) is 5.02 Å². The lowest BCUT2D eigenvalue weighted by atomic mass is 10.1. The van der Waals surface area contributed by atoms with E-state index < -0.39 is 0 Å². The molecule has 0 saturated heterocycles. The Morgan fingerprint density at radius 2 is 2.06 bits per heavy atom. The molecule has 0 atom stereocenters. The Balaban J connectivity index is 2.44.